The van der Waals surface area contributed by atoms with Gasteiger partial charge in [0.1, 0.15) is 11.6 Å². The van der Waals surface area contributed by atoms with Gasteiger partial charge in [0.15, 0.2) is 0 Å². The lowest BCUT2D eigenvalue weighted by Gasteiger charge is -2.16. The summed E-state index contributed by atoms with van der Waals surface area (Å²) >= 11 is 5.80. The van der Waals surface area contributed by atoms with Gasteiger partial charge in [0.25, 0.3) is 0 Å². The molecule has 0 N–H and O–H groups in total. The molecule has 106 valence electrons. The van der Waals surface area contributed by atoms with Gasteiger partial charge in [-0.25, -0.2) is 0 Å². The molecule has 0 aliphatic heterocycles. The highest BCUT2D eigenvalue weighted by molar-refractivity contribution is 6.30. The maximum absolute atomic E-state index is 12.3. The van der Waals surface area contributed by atoms with Gasteiger partial charge in [0.05, 0.1) is 5.69 Å². The SMILES string of the molecule is CN(C)n1cccc1C=C(C#N)C(=O)c1ccc(Cl)cc1. The topological polar surface area (TPSA) is 49.0 Å². The van der Waals surface area contributed by atoms with Crippen LogP contribution in [0.25, 0.3) is 6.08 Å². The summed E-state index contributed by atoms with van der Waals surface area (Å²) in [6.45, 7) is 0. The van der Waals surface area contributed by atoms with Crippen LogP contribution < -0.4 is 5.01 Å². The van der Waals surface area contributed by atoms with Crippen molar-refractivity contribution < 1.29 is 4.79 Å². The van der Waals surface area contributed by atoms with Gasteiger partial charge >= 0.3 is 0 Å². The lowest BCUT2D eigenvalue weighted by atomic mass is 10.0. The number of ketones is 1. The number of halogens is 1. The van der Waals surface area contributed by atoms with Gasteiger partial charge in [0.2, 0.25) is 5.78 Å². The van der Waals surface area contributed by atoms with Crippen molar-refractivity contribution in [1.82, 2.24) is 4.68 Å². The predicted molar refractivity (Wildman–Crippen MR) is 83.9 cm³/mol. The van der Waals surface area contributed by atoms with Gasteiger partial charge in [-0.05, 0) is 42.5 Å². The maximum Gasteiger partial charge on any atom is 0.203 e. The molecular formula is C16H14ClN3O. The highest BCUT2D eigenvalue weighted by atomic mass is 35.5. The largest absolute Gasteiger partial charge is 0.319 e. The average Bonchev–Trinajstić information content (AvgIpc) is 2.93. The van der Waals surface area contributed by atoms with Crippen LogP contribution in [0.15, 0.2) is 48.2 Å². The zero-order chi connectivity index (χ0) is 15.4. The van der Waals surface area contributed by atoms with E-state index in [9.17, 15) is 10.1 Å². The number of hydrogen-bond acceptors (Lipinski definition) is 3. The van der Waals surface area contributed by atoms with Crippen LogP contribution in [0.5, 0.6) is 0 Å². The quantitative estimate of drug-likeness (QED) is 0.495. The molecule has 0 unspecified atom stereocenters. The Labute approximate surface area is 128 Å². The summed E-state index contributed by atoms with van der Waals surface area (Å²) < 4.78 is 1.84. The van der Waals surface area contributed by atoms with Crippen LogP contribution in [-0.2, 0) is 0 Å². The number of allylic oxidation sites excluding steroid dienone is 1. The summed E-state index contributed by atoms with van der Waals surface area (Å²) in [4.78, 5) is 12.3. The fraction of sp³-hybridized carbons (Fsp3) is 0.125. The third-order valence-corrected chi connectivity index (χ3v) is 3.21. The lowest BCUT2D eigenvalue weighted by molar-refractivity contribution is 0.104. The first kappa shape index (κ1) is 14.9. The van der Waals surface area contributed by atoms with Gasteiger partial charge < -0.3 is 5.01 Å². The zero-order valence-electron chi connectivity index (χ0n) is 11.7. The summed E-state index contributed by atoms with van der Waals surface area (Å²) in [6, 6.07) is 12.1. The van der Waals surface area contributed by atoms with Gasteiger partial charge in [-0.2, -0.15) is 5.26 Å². The number of nitrogens with zero attached hydrogens (tertiary/aromatic N) is 3. The van der Waals surface area contributed by atoms with Crippen LogP contribution in [0.2, 0.25) is 5.02 Å². The lowest BCUT2D eigenvalue weighted by Crippen LogP contribution is -2.24. The number of nitriles is 1. The van der Waals surface area contributed by atoms with Crippen LogP contribution in [0.4, 0.5) is 0 Å². The average molecular weight is 300 g/mol. The molecule has 5 heteroatoms. The summed E-state index contributed by atoms with van der Waals surface area (Å²) in [5.41, 5.74) is 1.29. The Morgan fingerprint density at radius 3 is 2.52 bits per heavy atom. The van der Waals surface area contributed by atoms with Crippen LogP contribution >= 0.6 is 11.6 Å². The van der Waals surface area contributed by atoms with Crippen molar-refractivity contribution in [3.8, 4) is 6.07 Å². The number of carbonyl (C=O) groups is 1. The van der Waals surface area contributed by atoms with E-state index in [1.165, 1.54) is 0 Å². The maximum atomic E-state index is 12.3. The van der Waals surface area contributed by atoms with E-state index in [1.54, 1.807) is 30.3 Å². The summed E-state index contributed by atoms with van der Waals surface area (Å²) in [5, 5.41) is 11.7. The normalized spacial score (nSPS) is 11.0. The van der Waals surface area contributed by atoms with Gasteiger partial charge in [-0.1, -0.05) is 11.6 Å². The van der Waals surface area contributed by atoms with Crippen molar-refractivity contribution >= 4 is 23.5 Å². The molecule has 4 nitrogen and oxygen atoms in total. The molecule has 0 bridgehead atoms. The molecule has 0 spiro atoms. The minimum Gasteiger partial charge on any atom is -0.319 e. The molecule has 0 atom stereocenters. The van der Waals surface area contributed by atoms with E-state index in [1.807, 2.05) is 48.2 Å². The standard InChI is InChI=1S/C16H14ClN3O/c1-19(2)20-9-3-4-15(20)10-13(11-18)16(21)12-5-7-14(17)8-6-12/h3-10H,1-2H3. The van der Waals surface area contributed by atoms with E-state index >= 15 is 0 Å². The van der Waals surface area contributed by atoms with Crippen LogP contribution in [0.3, 0.4) is 0 Å². The number of carbonyl (C=O) groups excluding carboxylic acids is 1. The van der Waals surface area contributed by atoms with Gasteiger partial charge in [-0.3, -0.25) is 9.47 Å². The molecule has 0 fully saturated rings. The smallest absolute Gasteiger partial charge is 0.203 e. The van der Waals surface area contributed by atoms with Crippen molar-refractivity contribution in [3.63, 3.8) is 0 Å². The highest BCUT2D eigenvalue weighted by Gasteiger charge is 2.13. The molecule has 1 aromatic carbocycles. The highest BCUT2D eigenvalue weighted by Crippen LogP contribution is 2.15. The molecule has 0 aliphatic carbocycles. The van der Waals surface area contributed by atoms with E-state index in [0.717, 1.165) is 5.69 Å². The third kappa shape index (κ3) is 3.33. The second-order valence-corrected chi connectivity index (χ2v) is 5.07. The minimum absolute atomic E-state index is 0.0825. The van der Waals surface area contributed by atoms with E-state index in [0.29, 0.717) is 10.6 Å². The molecule has 0 saturated heterocycles. The van der Waals surface area contributed by atoms with E-state index < -0.39 is 0 Å². The predicted octanol–water partition coefficient (Wildman–Crippen LogP) is 3.13. The second kappa shape index (κ2) is 6.29. The Morgan fingerprint density at radius 1 is 1.29 bits per heavy atom. The van der Waals surface area contributed by atoms with Crippen LogP contribution in [0.1, 0.15) is 16.1 Å². The van der Waals surface area contributed by atoms with Crippen LogP contribution in [-0.4, -0.2) is 24.6 Å². The molecule has 0 radical (unpaired) electrons. The Hall–Kier alpha value is -2.51. The molecule has 0 aliphatic rings. The van der Waals surface area contributed by atoms with E-state index in [2.05, 4.69) is 0 Å². The zero-order valence-corrected chi connectivity index (χ0v) is 12.5. The Bertz CT molecular complexity index is 721. The Morgan fingerprint density at radius 2 is 1.95 bits per heavy atom. The van der Waals surface area contributed by atoms with Crippen LogP contribution in [0, 0.1) is 11.3 Å². The van der Waals surface area contributed by atoms with Crippen molar-refractivity contribution in [2.75, 3.05) is 19.1 Å². The first-order valence-electron chi connectivity index (χ1n) is 6.30. The molecule has 0 saturated carbocycles. The Balaban J connectivity index is 2.37. The van der Waals surface area contributed by atoms with E-state index in [4.69, 9.17) is 11.6 Å². The van der Waals surface area contributed by atoms with Gasteiger partial charge in [0, 0.05) is 30.9 Å². The summed E-state index contributed by atoms with van der Waals surface area (Å²) in [6.07, 6.45) is 3.44. The molecular weight excluding hydrogens is 286 g/mol. The fourth-order valence-electron chi connectivity index (χ4n) is 1.92. The number of benzene rings is 1. The molecule has 1 heterocycles. The molecule has 2 rings (SSSR count). The molecule has 1 aromatic heterocycles. The molecule has 21 heavy (non-hydrogen) atoms. The minimum atomic E-state index is -0.319. The first-order chi connectivity index (χ1) is 10.0. The van der Waals surface area contributed by atoms with Crippen molar-refractivity contribution in [3.05, 3.63) is 64.4 Å². The van der Waals surface area contributed by atoms with E-state index in [-0.39, 0.29) is 11.4 Å². The Kier molecular flexibility index (Phi) is 4.46. The number of Topliss-reactive ketones (excluding diaryl/α,β-unsaturated/α-hetero) is 1. The van der Waals surface area contributed by atoms with Crippen molar-refractivity contribution in [1.29, 1.82) is 5.26 Å². The van der Waals surface area contributed by atoms with Crippen molar-refractivity contribution in [2.45, 2.75) is 0 Å². The van der Waals surface area contributed by atoms with Gasteiger partial charge in [-0.15, -0.1) is 0 Å². The summed E-state index contributed by atoms with van der Waals surface area (Å²) in [7, 11) is 3.76. The number of rotatable bonds is 4. The molecule has 0 amide bonds. The number of hydrogen-bond donors (Lipinski definition) is 0. The summed E-state index contributed by atoms with van der Waals surface area (Å²) in [5.74, 6) is -0.319. The first-order valence-corrected chi connectivity index (χ1v) is 6.67. The second-order valence-electron chi connectivity index (χ2n) is 4.63. The number of aromatic nitrogens is 1. The van der Waals surface area contributed by atoms with Crippen molar-refractivity contribution in [2.24, 2.45) is 0 Å². The fourth-order valence-corrected chi connectivity index (χ4v) is 2.04. The third-order valence-electron chi connectivity index (χ3n) is 2.95. The molecule has 2 aromatic rings. The monoisotopic (exact) mass is 299 g/mol.